The maximum Gasteiger partial charge on any atom is 0.113 e. The summed E-state index contributed by atoms with van der Waals surface area (Å²) in [6, 6.07) is 8.28. The van der Waals surface area contributed by atoms with Gasteiger partial charge in [0.2, 0.25) is 0 Å². The third kappa shape index (κ3) is 2.56. The second-order valence-electron chi connectivity index (χ2n) is 4.01. The Hall–Kier alpha value is -1.61. The molecule has 0 bridgehead atoms. The minimum absolute atomic E-state index is 0.709. The smallest absolute Gasteiger partial charge is 0.113 e. The van der Waals surface area contributed by atoms with Gasteiger partial charge in [0.15, 0.2) is 0 Å². The van der Waals surface area contributed by atoms with Crippen molar-refractivity contribution in [2.24, 2.45) is 5.73 Å². The van der Waals surface area contributed by atoms with E-state index in [1.165, 1.54) is 5.52 Å². The average molecular weight is 229 g/mol. The van der Waals surface area contributed by atoms with E-state index in [0.29, 0.717) is 6.54 Å². The fourth-order valence-corrected chi connectivity index (χ4v) is 2.04. The summed E-state index contributed by atoms with van der Waals surface area (Å²) in [6.07, 6.45) is 6.09. The molecule has 2 rings (SSSR count). The summed E-state index contributed by atoms with van der Waals surface area (Å²) in [6.45, 7) is 3.82. The van der Waals surface area contributed by atoms with Gasteiger partial charge in [0, 0.05) is 13.0 Å². The first-order chi connectivity index (χ1) is 8.36. The molecule has 3 nitrogen and oxygen atoms in total. The van der Waals surface area contributed by atoms with Crippen LogP contribution in [0.4, 0.5) is 0 Å². The highest BCUT2D eigenvalue weighted by Crippen LogP contribution is 2.16. The zero-order valence-electron chi connectivity index (χ0n) is 10.3. The average Bonchev–Trinajstić information content (AvgIpc) is 2.72. The molecule has 0 radical (unpaired) electrons. The van der Waals surface area contributed by atoms with Gasteiger partial charge in [0.25, 0.3) is 0 Å². The molecule has 0 atom stereocenters. The quantitative estimate of drug-likeness (QED) is 0.801. The zero-order valence-corrected chi connectivity index (χ0v) is 10.3. The van der Waals surface area contributed by atoms with Gasteiger partial charge in [-0.15, -0.1) is 0 Å². The van der Waals surface area contributed by atoms with E-state index in [-0.39, 0.29) is 0 Å². The van der Waals surface area contributed by atoms with Crippen LogP contribution in [-0.4, -0.2) is 16.1 Å². The molecule has 3 heteroatoms. The summed E-state index contributed by atoms with van der Waals surface area (Å²) >= 11 is 0. The minimum Gasteiger partial charge on any atom is -0.330 e. The topological polar surface area (TPSA) is 43.8 Å². The number of allylic oxidation sites excluding steroid dienone is 1. The van der Waals surface area contributed by atoms with Crippen LogP contribution in [0, 0.1) is 0 Å². The first kappa shape index (κ1) is 11.9. The van der Waals surface area contributed by atoms with E-state index < -0.39 is 0 Å². The largest absolute Gasteiger partial charge is 0.330 e. The van der Waals surface area contributed by atoms with E-state index >= 15 is 0 Å². The van der Waals surface area contributed by atoms with Crippen molar-refractivity contribution in [2.45, 2.75) is 26.3 Å². The Balaban J connectivity index is 2.27. The van der Waals surface area contributed by atoms with Crippen LogP contribution in [0.1, 0.15) is 19.2 Å². The Kier molecular flexibility index (Phi) is 3.94. The molecule has 0 aliphatic carbocycles. The third-order valence-electron chi connectivity index (χ3n) is 2.85. The van der Waals surface area contributed by atoms with Crippen molar-refractivity contribution < 1.29 is 0 Å². The van der Waals surface area contributed by atoms with Crippen LogP contribution in [-0.2, 0) is 13.0 Å². The highest BCUT2D eigenvalue weighted by Gasteiger charge is 2.06. The number of hydrogen-bond acceptors (Lipinski definition) is 2. The summed E-state index contributed by atoms with van der Waals surface area (Å²) in [5.74, 6) is 1.13. The first-order valence-corrected chi connectivity index (χ1v) is 6.16. The molecule has 0 spiro atoms. The van der Waals surface area contributed by atoms with Crippen LogP contribution in [0.15, 0.2) is 36.4 Å². The second-order valence-corrected chi connectivity index (χ2v) is 4.01. The number of rotatable bonds is 5. The van der Waals surface area contributed by atoms with E-state index in [0.717, 1.165) is 30.7 Å². The monoisotopic (exact) mass is 229 g/mol. The van der Waals surface area contributed by atoms with Crippen LogP contribution in [0.3, 0.4) is 0 Å². The van der Waals surface area contributed by atoms with Crippen molar-refractivity contribution in [2.75, 3.05) is 6.54 Å². The summed E-state index contributed by atoms with van der Waals surface area (Å²) in [4.78, 5) is 4.66. The lowest BCUT2D eigenvalue weighted by Gasteiger charge is -2.03. The Bertz CT molecular complexity index is 511. The molecule has 2 N–H and O–H groups in total. The van der Waals surface area contributed by atoms with Crippen LogP contribution >= 0.6 is 0 Å². The molecule has 1 aromatic heterocycles. The molecule has 0 aliphatic rings. The van der Waals surface area contributed by atoms with Crippen molar-refractivity contribution in [3.05, 3.63) is 42.2 Å². The molecule has 0 amide bonds. The zero-order chi connectivity index (χ0) is 12.1. The SMILES string of the molecule is CCn1c(CC=CCCN)nc2ccccc21. The predicted molar refractivity (Wildman–Crippen MR) is 71.9 cm³/mol. The summed E-state index contributed by atoms with van der Waals surface area (Å²) in [5.41, 5.74) is 7.75. The van der Waals surface area contributed by atoms with Crippen LogP contribution in [0.2, 0.25) is 0 Å². The van der Waals surface area contributed by atoms with E-state index in [1.807, 2.05) is 6.07 Å². The Labute approximate surface area is 102 Å². The minimum atomic E-state index is 0.709. The molecule has 0 fully saturated rings. The molecule has 0 saturated carbocycles. The number of imidazole rings is 1. The molecule has 0 aliphatic heterocycles. The molecule has 90 valence electrons. The molecular weight excluding hydrogens is 210 g/mol. The number of nitrogens with zero attached hydrogens (tertiary/aromatic N) is 2. The van der Waals surface area contributed by atoms with Crippen LogP contribution in [0.25, 0.3) is 11.0 Å². The van der Waals surface area contributed by atoms with Gasteiger partial charge < -0.3 is 10.3 Å². The lowest BCUT2D eigenvalue weighted by Crippen LogP contribution is -2.00. The number of aromatic nitrogens is 2. The van der Waals surface area contributed by atoms with Crippen molar-refractivity contribution >= 4 is 11.0 Å². The lowest BCUT2D eigenvalue weighted by atomic mass is 10.3. The Morgan fingerprint density at radius 2 is 2.12 bits per heavy atom. The number of nitrogens with two attached hydrogens (primary N) is 1. The van der Waals surface area contributed by atoms with Crippen molar-refractivity contribution in [3.63, 3.8) is 0 Å². The second kappa shape index (κ2) is 5.64. The van der Waals surface area contributed by atoms with E-state index in [2.05, 4.69) is 46.8 Å². The van der Waals surface area contributed by atoms with Crippen LogP contribution < -0.4 is 5.73 Å². The van der Waals surface area contributed by atoms with Gasteiger partial charge in [0.05, 0.1) is 11.0 Å². The van der Waals surface area contributed by atoms with Gasteiger partial charge in [0.1, 0.15) is 5.82 Å². The van der Waals surface area contributed by atoms with Gasteiger partial charge in [-0.2, -0.15) is 0 Å². The van der Waals surface area contributed by atoms with Crippen molar-refractivity contribution in [1.82, 2.24) is 9.55 Å². The standard InChI is InChI=1S/C14H19N3/c1-2-17-13-9-6-5-8-12(13)16-14(17)10-4-3-7-11-15/h3-6,8-9H,2,7,10-11,15H2,1H3. The van der Waals surface area contributed by atoms with E-state index in [9.17, 15) is 0 Å². The summed E-state index contributed by atoms with van der Waals surface area (Å²) < 4.78 is 2.27. The van der Waals surface area contributed by atoms with Gasteiger partial charge in [-0.05, 0) is 32.0 Å². The Morgan fingerprint density at radius 3 is 2.88 bits per heavy atom. The number of aryl methyl sites for hydroxylation is 1. The van der Waals surface area contributed by atoms with E-state index in [1.54, 1.807) is 0 Å². The van der Waals surface area contributed by atoms with E-state index in [4.69, 9.17) is 5.73 Å². The fraction of sp³-hybridized carbons (Fsp3) is 0.357. The Morgan fingerprint density at radius 1 is 1.29 bits per heavy atom. The molecule has 0 saturated heterocycles. The fourth-order valence-electron chi connectivity index (χ4n) is 2.04. The molecule has 1 aromatic carbocycles. The van der Waals surface area contributed by atoms with Gasteiger partial charge in [-0.1, -0.05) is 24.3 Å². The normalized spacial score (nSPS) is 11.6. The van der Waals surface area contributed by atoms with Gasteiger partial charge >= 0.3 is 0 Å². The number of para-hydroxylation sites is 2. The maximum atomic E-state index is 5.45. The van der Waals surface area contributed by atoms with Gasteiger partial charge in [-0.3, -0.25) is 0 Å². The molecule has 17 heavy (non-hydrogen) atoms. The molecule has 1 heterocycles. The van der Waals surface area contributed by atoms with Gasteiger partial charge in [-0.25, -0.2) is 4.98 Å². The molecule has 2 aromatic rings. The summed E-state index contributed by atoms with van der Waals surface area (Å²) in [5, 5.41) is 0. The van der Waals surface area contributed by atoms with Crippen molar-refractivity contribution in [1.29, 1.82) is 0 Å². The highest BCUT2D eigenvalue weighted by molar-refractivity contribution is 5.75. The number of fused-ring (bicyclic) bond motifs is 1. The third-order valence-corrected chi connectivity index (χ3v) is 2.85. The highest BCUT2D eigenvalue weighted by atomic mass is 15.1. The molecular formula is C14H19N3. The number of hydrogen-bond donors (Lipinski definition) is 1. The van der Waals surface area contributed by atoms with Crippen LogP contribution in [0.5, 0.6) is 0 Å². The lowest BCUT2D eigenvalue weighted by molar-refractivity contribution is 0.737. The maximum absolute atomic E-state index is 5.45. The van der Waals surface area contributed by atoms with Crippen molar-refractivity contribution in [3.8, 4) is 0 Å². The summed E-state index contributed by atoms with van der Waals surface area (Å²) in [7, 11) is 0. The number of benzene rings is 1. The first-order valence-electron chi connectivity index (χ1n) is 6.16. The predicted octanol–water partition coefficient (Wildman–Crippen LogP) is 2.50. The molecule has 0 unspecified atom stereocenters.